The lowest BCUT2D eigenvalue weighted by Crippen LogP contribution is -2.58. The zero-order valence-electron chi connectivity index (χ0n) is 24.2. The molecule has 0 aliphatic carbocycles. The van der Waals surface area contributed by atoms with E-state index in [1.54, 1.807) is 22.5 Å². The number of nitrogens with one attached hydrogen (secondary N) is 2. The number of nitrogens with two attached hydrogens (primary N) is 1. The van der Waals surface area contributed by atoms with Crippen molar-refractivity contribution in [2.75, 3.05) is 43.5 Å². The quantitative estimate of drug-likeness (QED) is 0.288. The van der Waals surface area contributed by atoms with Gasteiger partial charge in [-0.1, -0.05) is 29.8 Å². The molecular formula is C29H41ClFN5O5S2. The Morgan fingerprint density at radius 2 is 1.93 bits per heavy atom. The molecule has 0 radical (unpaired) electrons. The Morgan fingerprint density at radius 3 is 2.60 bits per heavy atom. The van der Waals surface area contributed by atoms with Crippen molar-refractivity contribution in [2.24, 2.45) is 5.73 Å². The topological polar surface area (TPSA) is 148 Å². The average Bonchev–Trinajstić information content (AvgIpc) is 3.08. The first kappa shape index (κ1) is 32.6. The summed E-state index contributed by atoms with van der Waals surface area (Å²) in [6, 6.07) is 10.5. The number of hydrogen-bond donors (Lipinski definition) is 5. The number of hydrogen-bond acceptors (Lipinski definition) is 8. The molecule has 5 rings (SSSR count). The fourth-order valence-corrected chi connectivity index (χ4v) is 9.59. The molecule has 1 amide bonds. The van der Waals surface area contributed by atoms with E-state index in [0.717, 1.165) is 24.7 Å². The number of nitrogens with zero attached hydrogens (tertiary/aromatic N) is 2. The highest BCUT2D eigenvalue weighted by molar-refractivity contribution is 8.22. The lowest BCUT2D eigenvalue weighted by Gasteiger charge is -2.49. The SMILES string of the molecule is CS(=O)(=O)N1CCC(c2ccc(Cl)cc2)([C@H](N)C(=O)Nc2cccc(F)c2CC[C@H]2CN[C@@H]3CCCS(O)(O)N2C3)CC1. The zero-order valence-corrected chi connectivity index (χ0v) is 26.6. The minimum Gasteiger partial charge on any atom is -0.324 e. The lowest BCUT2D eigenvalue weighted by atomic mass is 9.68. The van der Waals surface area contributed by atoms with E-state index in [9.17, 15) is 22.3 Å². The van der Waals surface area contributed by atoms with Crippen molar-refractivity contribution in [1.82, 2.24) is 13.9 Å². The monoisotopic (exact) mass is 657 g/mol. The van der Waals surface area contributed by atoms with E-state index < -0.39 is 44.0 Å². The standard InChI is InChI=1S/C29H41ClFN5O5S2/c1-42(38,39)35-15-13-29(14-16-35,20-7-9-21(30)10-8-20)27(32)28(37)34-26-6-2-5-25(31)24(26)12-11-23-18-33-22-4-3-17-43(40,41)36(23)19-22/h2,5-10,22-23,27,33,40-41H,3-4,11-19,32H2,1H3,(H,34,37)/t22-,23+,27-/m1/s1. The summed E-state index contributed by atoms with van der Waals surface area (Å²) in [6.45, 7) is 1.52. The van der Waals surface area contributed by atoms with Gasteiger partial charge < -0.3 is 16.4 Å². The van der Waals surface area contributed by atoms with Crippen LogP contribution in [-0.4, -0.2) is 88.4 Å². The number of benzene rings is 2. The van der Waals surface area contributed by atoms with E-state index in [4.69, 9.17) is 17.3 Å². The first-order valence-electron chi connectivity index (χ1n) is 14.6. The largest absolute Gasteiger partial charge is 0.324 e. The van der Waals surface area contributed by atoms with Crippen molar-refractivity contribution in [3.8, 4) is 0 Å². The minimum atomic E-state index is -3.41. The summed E-state index contributed by atoms with van der Waals surface area (Å²) in [4.78, 5) is 13.8. The fourth-order valence-electron chi connectivity index (χ4n) is 6.75. The van der Waals surface area contributed by atoms with Gasteiger partial charge in [0.25, 0.3) is 0 Å². The van der Waals surface area contributed by atoms with Gasteiger partial charge in [0.2, 0.25) is 15.9 Å². The summed E-state index contributed by atoms with van der Waals surface area (Å²) < 4.78 is 64.4. The molecule has 4 atom stereocenters. The number of carbonyl (C=O) groups is 1. The molecule has 3 saturated heterocycles. The molecule has 3 aliphatic rings. The number of sulfonamides is 1. The van der Waals surface area contributed by atoms with Crippen molar-refractivity contribution in [3.63, 3.8) is 0 Å². The van der Waals surface area contributed by atoms with Crippen molar-refractivity contribution < 1.29 is 26.7 Å². The molecule has 14 heteroatoms. The van der Waals surface area contributed by atoms with E-state index in [1.165, 1.54) is 16.4 Å². The van der Waals surface area contributed by atoms with Crippen LogP contribution in [0.1, 0.15) is 43.2 Å². The van der Waals surface area contributed by atoms with Gasteiger partial charge in [-0.05, 0) is 68.4 Å². The molecule has 238 valence electrons. The van der Waals surface area contributed by atoms with Gasteiger partial charge in [-0.25, -0.2) is 21.4 Å². The van der Waals surface area contributed by atoms with Crippen LogP contribution in [0.25, 0.3) is 0 Å². The molecular weight excluding hydrogens is 617 g/mol. The van der Waals surface area contributed by atoms with E-state index in [0.29, 0.717) is 54.4 Å². The zero-order chi connectivity index (χ0) is 31.0. The molecule has 10 nitrogen and oxygen atoms in total. The first-order chi connectivity index (χ1) is 20.3. The molecule has 3 aliphatic heterocycles. The average molecular weight is 658 g/mol. The third kappa shape index (κ3) is 7.05. The van der Waals surface area contributed by atoms with Crippen LogP contribution in [0, 0.1) is 5.82 Å². The first-order valence-corrected chi connectivity index (χ1v) is 18.5. The Kier molecular flexibility index (Phi) is 9.77. The summed E-state index contributed by atoms with van der Waals surface area (Å²) in [5.74, 6) is -0.638. The van der Waals surface area contributed by atoms with Gasteiger partial charge in [0, 0.05) is 60.0 Å². The lowest BCUT2D eigenvalue weighted by molar-refractivity contribution is -0.119. The highest BCUT2D eigenvalue weighted by Gasteiger charge is 2.46. The molecule has 43 heavy (non-hydrogen) atoms. The van der Waals surface area contributed by atoms with E-state index >= 15 is 4.39 Å². The third-order valence-electron chi connectivity index (χ3n) is 9.28. The van der Waals surface area contributed by atoms with Crippen LogP contribution in [0.2, 0.25) is 5.02 Å². The summed E-state index contributed by atoms with van der Waals surface area (Å²) in [6.07, 6.45) is 4.16. The number of halogens is 2. The molecule has 2 bridgehead atoms. The number of carbonyl (C=O) groups excluding carboxylic acids is 1. The van der Waals surface area contributed by atoms with E-state index in [-0.39, 0.29) is 31.6 Å². The highest BCUT2D eigenvalue weighted by atomic mass is 35.5. The minimum absolute atomic E-state index is 0.196. The maximum atomic E-state index is 15.2. The number of piperazine rings is 1. The van der Waals surface area contributed by atoms with Crippen molar-refractivity contribution in [3.05, 3.63) is 64.4 Å². The van der Waals surface area contributed by atoms with Gasteiger partial charge in [-0.3, -0.25) is 13.9 Å². The van der Waals surface area contributed by atoms with Crippen molar-refractivity contribution in [2.45, 2.75) is 62.1 Å². The van der Waals surface area contributed by atoms with E-state index in [1.807, 2.05) is 12.1 Å². The van der Waals surface area contributed by atoms with Crippen molar-refractivity contribution >= 4 is 44.0 Å². The smallest absolute Gasteiger partial charge is 0.242 e. The second kappa shape index (κ2) is 12.9. The van der Waals surface area contributed by atoms with Crippen LogP contribution in [0.3, 0.4) is 0 Å². The predicted octanol–water partition coefficient (Wildman–Crippen LogP) is 3.77. The van der Waals surface area contributed by atoms with Crippen LogP contribution in [-0.2, 0) is 26.7 Å². The second-order valence-electron chi connectivity index (χ2n) is 11.9. The van der Waals surface area contributed by atoms with E-state index in [2.05, 4.69) is 10.6 Å². The molecule has 0 saturated carbocycles. The van der Waals surface area contributed by atoms with Crippen LogP contribution >= 0.6 is 22.4 Å². The Bertz CT molecular complexity index is 1420. The van der Waals surface area contributed by atoms with Crippen molar-refractivity contribution in [1.29, 1.82) is 0 Å². The number of anilines is 1. The number of rotatable bonds is 8. The van der Waals surface area contributed by atoms with Crippen LogP contribution in [0.5, 0.6) is 0 Å². The molecule has 6 N–H and O–H groups in total. The normalized spacial score (nSPS) is 27.1. The maximum Gasteiger partial charge on any atom is 0.242 e. The predicted molar refractivity (Wildman–Crippen MR) is 169 cm³/mol. The highest BCUT2D eigenvalue weighted by Crippen LogP contribution is 2.49. The Labute approximate surface area is 259 Å². The Hall–Kier alpha value is -1.81. The van der Waals surface area contributed by atoms with Gasteiger partial charge in [0.15, 0.2) is 0 Å². The number of fused-ring (bicyclic) bond motifs is 2. The second-order valence-corrected chi connectivity index (χ2v) is 16.5. The van der Waals surface area contributed by atoms with Gasteiger partial charge >= 0.3 is 0 Å². The Morgan fingerprint density at radius 1 is 1.23 bits per heavy atom. The number of amides is 1. The summed E-state index contributed by atoms with van der Waals surface area (Å²) in [7, 11) is -6.30. The molecule has 2 aromatic carbocycles. The fraction of sp³-hybridized carbons (Fsp3) is 0.552. The van der Waals surface area contributed by atoms with Gasteiger partial charge in [-0.15, -0.1) is 10.8 Å². The Balaban J connectivity index is 1.35. The van der Waals surface area contributed by atoms with Crippen LogP contribution in [0.4, 0.5) is 10.1 Å². The summed E-state index contributed by atoms with van der Waals surface area (Å²) in [5, 5.41) is 6.88. The third-order valence-corrected chi connectivity index (χ3v) is 12.9. The molecule has 0 spiro atoms. The molecule has 3 fully saturated rings. The number of piperidine rings is 1. The molecule has 0 aromatic heterocycles. The molecule has 2 aromatic rings. The van der Waals surface area contributed by atoms with Gasteiger partial charge in [-0.2, -0.15) is 0 Å². The molecule has 3 heterocycles. The van der Waals surface area contributed by atoms with Crippen LogP contribution in [0.15, 0.2) is 42.5 Å². The molecule has 1 unspecified atom stereocenters. The maximum absolute atomic E-state index is 15.2. The van der Waals surface area contributed by atoms with Gasteiger partial charge in [0.05, 0.1) is 18.1 Å². The van der Waals surface area contributed by atoms with Gasteiger partial charge in [0.1, 0.15) is 5.82 Å². The summed E-state index contributed by atoms with van der Waals surface area (Å²) in [5.41, 5.74) is 7.25. The summed E-state index contributed by atoms with van der Waals surface area (Å²) >= 11 is 6.13. The van der Waals surface area contributed by atoms with Crippen LogP contribution < -0.4 is 16.4 Å².